The van der Waals surface area contributed by atoms with Crippen molar-refractivity contribution >= 4 is 22.8 Å². The second-order valence-electron chi connectivity index (χ2n) is 7.21. The maximum absolute atomic E-state index is 11.9. The molecule has 1 aromatic carbocycles. The van der Waals surface area contributed by atoms with Crippen molar-refractivity contribution in [2.75, 3.05) is 33.7 Å². The number of benzene rings is 1. The summed E-state index contributed by atoms with van der Waals surface area (Å²) < 4.78 is 2.02. The molecule has 3 N–H and O–H groups in total. The number of carbonyl (C=O) groups is 1. The highest BCUT2D eigenvalue weighted by atomic mass is 16.2. The van der Waals surface area contributed by atoms with Gasteiger partial charge in [-0.05, 0) is 18.1 Å². The summed E-state index contributed by atoms with van der Waals surface area (Å²) in [6, 6.07) is 8.26. The number of aromatic amines is 1. The lowest BCUT2D eigenvalue weighted by molar-refractivity contribution is -0.127. The third-order valence-electron chi connectivity index (χ3n) is 4.89. The van der Waals surface area contributed by atoms with Gasteiger partial charge in [0.1, 0.15) is 18.7 Å². The summed E-state index contributed by atoms with van der Waals surface area (Å²) in [5.74, 6) is 1.53. The van der Waals surface area contributed by atoms with E-state index in [1.807, 2.05) is 22.9 Å². The van der Waals surface area contributed by atoms with E-state index in [0.717, 1.165) is 30.7 Å². The maximum Gasteiger partial charge on any atom is 0.243 e. The number of para-hydroxylation sites is 1. The lowest BCUT2D eigenvalue weighted by Crippen LogP contribution is -2.40. The van der Waals surface area contributed by atoms with Gasteiger partial charge >= 0.3 is 0 Å². The fourth-order valence-electron chi connectivity index (χ4n) is 3.15. The molecule has 2 aromatic heterocycles. The van der Waals surface area contributed by atoms with E-state index in [9.17, 15) is 4.79 Å². The predicted octanol–water partition coefficient (Wildman–Crippen LogP) is 1.19. The van der Waals surface area contributed by atoms with Gasteiger partial charge in [-0.15, -0.1) is 10.2 Å². The van der Waals surface area contributed by atoms with E-state index in [2.05, 4.69) is 49.9 Å². The molecule has 0 saturated carbocycles. The Bertz CT molecular complexity index is 988. The van der Waals surface area contributed by atoms with Crippen LogP contribution in [0.3, 0.4) is 0 Å². The number of nitrogens with one attached hydrogen (secondary N) is 3. The van der Waals surface area contributed by atoms with Gasteiger partial charge in [0.2, 0.25) is 5.91 Å². The number of aliphatic imine (C=N–C) groups is 1. The SMILES string of the molecule is CCc1nncn1CCNC(=NCC(=O)N(C)C)NCCc1c[nH]c2ccccc12. The van der Waals surface area contributed by atoms with Gasteiger partial charge in [0.25, 0.3) is 0 Å². The first-order valence-electron chi connectivity index (χ1n) is 10.2. The number of amides is 1. The minimum absolute atomic E-state index is 0.0418. The summed E-state index contributed by atoms with van der Waals surface area (Å²) in [5.41, 5.74) is 2.38. The van der Waals surface area contributed by atoms with E-state index in [-0.39, 0.29) is 12.5 Å². The Morgan fingerprint density at radius 3 is 2.83 bits per heavy atom. The zero-order chi connectivity index (χ0) is 21.3. The number of likely N-dealkylation sites (N-methyl/N-ethyl adjacent to an activating group) is 1. The van der Waals surface area contributed by atoms with Crippen molar-refractivity contribution in [3.63, 3.8) is 0 Å². The highest BCUT2D eigenvalue weighted by Gasteiger charge is 2.07. The number of nitrogens with zero attached hydrogens (tertiary/aromatic N) is 5. The molecule has 3 rings (SSSR count). The normalized spacial score (nSPS) is 11.6. The fraction of sp³-hybridized carbons (Fsp3) is 0.429. The summed E-state index contributed by atoms with van der Waals surface area (Å²) in [6.07, 6.45) is 5.46. The first kappa shape index (κ1) is 21.4. The number of aromatic nitrogens is 4. The van der Waals surface area contributed by atoms with Gasteiger partial charge in [-0.2, -0.15) is 0 Å². The number of guanidine groups is 1. The molecule has 0 aliphatic rings. The van der Waals surface area contributed by atoms with Crippen molar-refractivity contribution in [1.29, 1.82) is 0 Å². The molecule has 0 spiro atoms. The van der Waals surface area contributed by atoms with Crippen LogP contribution in [0.25, 0.3) is 10.9 Å². The van der Waals surface area contributed by atoms with E-state index in [1.165, 1.54) is 15.8 Å². The van der Waals surface area contributed by atoms with Crippen LogP contribution in [0.2, 0.25) is 0 Å². The van der Waals surface area contributed by atoms with Crippen molar-refractivity contribution in [3.8, 4) is 0 Å². The highest BCUT2D eigenvalue weighted by molar-refractivity contribution is 5.85. The molecule has 0 fully saturated rings. The number of fused-ring (bicyclic) bond motifs is 1. The largest absolute Gasteiger partial charge is 0.361 e. The number of aryl methyl sites for hydroxylation is 1. The van der Waals surface area contributed by atoms with E-state index >= 15 is 0 Å². The molecule has 0 unspecified atom stereocenters. The minimum atomic E-state index is -0.0418. The Morgan fingerprint density at radius 1 is 1.23 bits per heavy atom. The average molecular weight is 411 g/mol. The molecule has 0 saturated heterocycles. The van der Waals surface area contributed by atoms with Crippen LogP contribution in [0, 0.1) is 0 Å². The Kier molecular flexibility index (Phi) is 7.42. The number of hydrogen-bond acceptors (Lipinski definition) is 4. The Labute approximate surface area is 176 Å². The molecule has 9 nitrogen and oxygen atoms in total. The lowest BCUT2D eigenvalue weighted by Gasteiger charge is -2.14. The molecule has 1 amide bonds. The molecule has 0 aliphatic carbocycles. The molecule has 0 atom stereocenters. The third-order valence-corrected chi connectivity index (χ3v) is 4.89. The van der Waals surface area contributed by atoms with Gasteiger partial charge < -0.3 is 25.1 Å². The van der Waals surface area contributed by atoms with E-state index in [0.29, 0.717) is 19.0 Å². The van der Waals surface area contributed by atoms with Crippen LogP contribution < -0.4 is 10.6 Å². The van der Waals surface area contributed by atoms with Crippen molar-refractivity contribution in [2.45, 2.75) is 26.3 Å². The Balaban J connectivity index is 1.57. The van der Waals surface area contributed by atoms with Crippen molar-refractivity contribution in [2.24, 2.45) is 4.99 Å². The molecule has 0 bridgehead atoms. The first-order chi connectivity index (χ1) is 14.6. The summed E-state index contributed by atoms with van der Waals surface area (Å²) in [7, 11) is 3.46. The van der Waals surface area contributed by atoms with Crippen LogP contribution in [-0.4, -0.2) is 70.2 Å². The molecular weight excluding hydrogens is 380 g/mol. The topological polar surface area (TPSA) is 103 Å². The summed E-state index contributed by atoms with van der Waals surface area (Å²) in [4.78, 5) is 21.2. The smallest absolute Gasteiger partial charge is 0.243 e. The van der Waals surface area contributed by atoms with Crippen LogP contribution >= 0.6 is 0 Å². The second-order valence-corrected chi connectivity index (χ2v) is 7.21. The zero-order valence-corrected chi connectivity index (χ0v) is 17.9. The van der Waals surface area contributed by atoms with Crippen LogP contribution in [-0.2, 0) is 24.2 Å². The molecule has 3 aromatic rings. The van der Waals surface area contributed by atoms with E-state index < -0.39 is 0 Å². The summed E-state index contributed by atoms with van der Waals surface area (Å²) in [5, 5.41) is 15.9. The maximum atomic E-state index is 11.9. The average Bonchev–Trinajstić information content (AvgIpc) is 3.38. The van der Waals surface area contributed by atoms with Crippen molar-refractivity contribution in [3.05, 3.63) is 48.2 Å². The molecule has 30 heavy (non-hydrogen) atoms. The van der Waals surface area contributed by atoms with Crippen molar-refractivity contribution < 1.29 is 4.79 Å². The van der Waals surface area contributed by atoms with Crippen LogP contribution in [0.1, 0.15) is 18.3 Å². The van der Waals surface area contributed by atoms with Gasteiger partial charge in [-0.1, -0.05) is 25.1 Å². The molecular formula is C21H30N8O. The van der Waals surface area contributed by atoms with Gasteiger partial charge in [0, 0.05) is 57.3 Å². The molecule has 9 heteroatoms. The quantitative estimate of drug-likeness (QED) is 0.363. The van der Waals surface area contributed by atoms with Gasteiger partial charge in [-0.3, -0.25) is 4.79 Å². The van der Waals surface area contributed by atoms with Crippen LogP contribution in [0.4, 0.5) is 0 Å². The van der Waals surface area contributed by atoms with E-state index in [1.54, 1.807) is 20.4 Å². The standard InChI is InChI=1S/C21H30N8O/c1-4-19-27-26-15-29(19)12-11-23-21(25-14-20(30)28(2)3)22-10-9-16-13-24-18-8-6-5-7-17(16)18/h5-8,13,15,24H,4,9-12,14H2,1-3H3,(H2,22,23,25). The second kappa shape index (κ2) is 10.4. The molecule has 160 valence electrons. The number of rotatable bonds is 9. The number of H-pyrrole nitrogens is 1. The predicted molar refractivity (Wildman–Crippen MR) is 118 cm³/mol. The van der Waals surface area contributed by atoms with Crippen LogP contribution in [0.5, 0.6) is 0 Å². The molecule has 0 radical (unpaired) electrons. The minimum Gasteiger partial charge on any atom is -0.361 e. The Morgan fingerprint density at radius 2 is 2.03 bits per heavy atom. The first-order valence-corrected chi connectivity index (χ1v) is 10.2. The highest BCUT2D eigenvalue weighted by Crippen LogP contribution is 2.17. The molecule has 0 aliphatic heterocycles. The summed E-state index contributed by atoms with van der Waals surface area (Å²) in [6.45, 7) is 4.24. The number of carbonyl (C=O) groups excluding carboxylic acids is 1. The van der Waals surface area contributed by atoms with Gasteiger partial charge in [0.15, 0.2) is 5.96 Å². The van der Waals surface area contributed by atoms with Gasteiger partial charge in [0.05, 0.1) is 0 Å². The summed E-state index contributed by atoms with van der Waals surface area (Å²) >= 11 is 0. The lowest BCUT2D eigenvalue weighted by atomic mass is 10.1. The van der Waals surface area contributed by atoms with Crippen LogP contribution in [0.15, 0.2) is 41.8 Å². The monoisotopic (exact) mass is 410 g/mol. The van der Waals surface area contributed by atoms with Crippen molar-refractivity contribution in [1.82, 2.24) is 35.3 Å². The van der Waals surface area contributed by atoms with Gasteiger partial charge in [-0.25, -0.2) is 4.99 Å². The van der Waals surface area contributed by atoms with E-state index in [4.69, 9.17) is 0 Å². The Hall–Kier alpha value is -3.36. The fourth-order valence-corrected chi connectivity index (χ4v) is 3.15. The zero-order valence-electron chi connectivity index (χ0n) is 17.9. The third kappa shape index (κ3) is 5.59. The number of hydrogen-bond donors (Lipinski definition) is 3. The molecule has 2 heterocycles.